The summed E-state index contributed by atoms with van der Waals surface area (Å²) in [5.41, 5.74) is 0.500. The number of ether oxygens (including phenoxy) is 1. The Morgan fingerprint density at radius 3 is 3.21 bits per heavy atom. The highest BCUT2D eigenvalue weighted by Crippen LogP contribution is 2.20. The Morgan fingerprint density at radius 1 is 1.63 bits per heavy atom. The molecule has 0 unspecified atom stereocenters. The lowest BCUT2D eigenvalue weighted by Gasteiger charge is -2.26. The molecule has 1 aliphatic rings. The Bertz CT molecular complexity index is 478. The lowest BCUT2D eigenvalue weighted by Crippen LogP contribution is -2.51. The summed E-state index contributed by atoms with van der Waals surface area (Å²) < 4.78 is 5.32. The summed E-state index contributed by atoms with van der Waals surface area (Å²) >= 11 is 0. The number of hydrogen-bond donors (Lipinski definition) is 2. The predicted octanol–water partition coefficient (Wildman–Crippen LogP) is 0.444. The number of aromatic nitrogens is 1. The predicted molar refractivity (Wildman–Crippen MR) is 69.0 cm³/mol. The number of anilines is 1. The van der Waals surface area contributed by atoms with Gasteiger partial charge in [-0.3, -0.25) is 4.79 Å². The first-order chi connectivity index (χ1) is 9.20. The number of amides is 3. The highest BCUT2D eigenvalue weighted by Gasteiger charge is 2.21. The number of nitrogens with zero attached hydrogens (tertiary/aromatic N) is 2. The highest BCUT2D eigenvalue weighted by atomic mass is 16.5. The van der Waals surface area contributed by atoms with E-state index < -0.39 is 0 Å². The Kier molecular flexibility index (Phi) is 4.17. The van der Waals surface area contributed by atoms with Crippen molar-refractivity contribution in [1.29, 1.82) is 0 Å². The Labute approximate surface area is 110 Å². The molecule has 0 bridgehead atoms. The van der Waals surface area contributed by atoms with E-state index in [9.17, 15) is 9.59 Å². The topological polar surface area (TPSA) is 83.6 Å². The van der Waals surface area contributed by atoms with Gasteiger partial charge in [0, 0.05) is 19.3 Å². The van der Waals surface area contributed by atoms with E-state index in [1.165, 1.54) is 4.90 Å². The van der Waals surface area contributed by atoms with Crippen molar-refractivity contribution in [3.05, 3.63) is 18.3 Å². The van der Waals surface area contributed by atoms with Crippen molar-refractivity contribution in [2.24, 2.45) is 0 Å². The van der Waals surface area contributed by atoms with Gasteiger partial charge in [-0.25, -0.2) is 9.78 Å². The van der Waals surface area contributed by atoms with E-state index in [0.29, 0.717) is 31.3 Å². The molecule has 0 aromatic carbocycles. The van der Waals surface area contributed by atoms with Crippen LogP contribution in [0.25, 0.3) is 0 Å². The molecule has 1 aromatic heterocycles. The molecular weight excluding hydrogens is 248 g/mol. The molecule has 0 aliphatic carbocycles. The number of carbonyl (C=O) groups excluding carboxylic acids is 2. The van der Waals surface area contributed by atoms with E-state index in [1.807, 2.05) is 6.92 Å². The second-order valence-electron chi connectivity index (χ2n) is 3.99. The number of urea groups is 1. The van der Waals surface area contributed by atoms with Crippen molar-refractivity contribution in [1.82, 2.24) is 15.2 Å². The lowest BCUT2D eigenvalue weighted by molar-refractivity contribution is -0.123. The van der Waals surface area contributed by atoms with Gasteiger partial charge in [-0.2, -0.15) is 0 Å². The maximum atomic E-state index is 12.0. The van der Waals surface area contributed by atoms with Gasteiger partial charge >= 0.3 is 6.03 Å². The average molecular weight is 264 g/mol. The van der Waals surface area contributed by atoms with Gasteiger partial charge in [-0.05, 0) is 19.1 Å². The summed E-state index contributed by atoms with van der Waals surface area (Å²) in [6, 6.07) is 3.09. The fraction of sp³-hybridized carbons (Fsp3) is 0.417. The molecule has 2 rings (SSSR count). The molecule has 0 saturated carbocycles. The monoisotopic (exact) mass is 264 g/mol. The largest absolute Gasteiger partial charge is 0.476 e. The molecule has 1 aliphatic heterocycles. The van der Waals surface area contributed by atoms with Crippen molar-refractivity contribution in [2.75, 3.05) is 31.6 Å². The first kappa shape index (κ1) is 13.1. The van der Waals surface area contributed by atoms with Crippen LogP contribution in [0.2, 0.25) is 0 Å². The van der Waals surface area contributed by atoms with Crippen LogP contribution in [0.3, 0.4) is 0 Å². The second kappa shape index (κ2) is 6.03. The fourth-order valence-electron chi connectivity index (χ4n) is 1.74. The van der Waals surface area contributed by atoms with E-state index in [1.54, 1.807) is 18.3 Å². The molecule has 1 fully saturated rings. The molecule has 1 aromatic rings. The molecular formula is C12H16N4O3. The van der Waals surface area contributed by atoms with E-state index in [-0.39, 0.29) is 18.5 Å². The van der Waals surface area contributed by atoms with Gasteiger partial charge in [0.1, 0.15) is 12.2 Å². The summed E-state index contributed by atoms with van der Waals surface area (Å²) in [6.07, 6.45) is 1.59. The number of piperazine rings is 1. The molecule has 2 N–H and O–H groups in total. The van der Waals surface area contributed by atoms with Crippen molar-refractivity contribution >= 4 is 17.6 Å². The van der Waals surface area contributed by atoms with Gasteiger partial charge in [0.25, 0.3) is 0 Å². The number of carbonyl (C=O) groups is 2. The molecule has 102 valence electrons. The van der Waals surface area contributed by atoms with Crippen molar-refractivity contribution in [2.45, 2.75) is 6.92 Å². The maximum absolute atomic E-state index is 12.0. The summed E-state index contributed by atoms with van der Waals surface area (Å²) in [5, 5.41) is 5.37. The Balaban J connectivity index is 2.04. The molecule has 0 atom stereocenters. The van der Waals surface area contributed by atoms with Gasteiger partial charge < -0.3 is 20.3 Å². The van der Waals surface area contributed by atoms with Gasteiger partial charge in [-0.1, -0.05) is 0 Å². The lowest BCUT2D eigenvalue weighted by atomic mass is 10.3. The number of rotatable bonds is 3. The van der Waals surface area contributed by atoms with Crippen LogP contribution in [0.5, 0.6) is 5.88 Å². The molecule has 0 radical (unpaired) electrons. The zero-order chi connectivity index (χ0) is 13.7. The number of hydrogen-bond acceptors (Lipinski definition) is 4. The molecule has 2 heterocycles. The summed E-state index contributed by atoms with van der Waals surface area (Å²) in [4.78, 5) is 28.7. The third kappa shape index (κ3) is 3.34. The van der Waals surface area contributed by atoms with Crippen LogP contribution >= 0.6 is 0 Å². The first-order valence-electron chi connectivity index (χ1n) is 6.11. The Hall–Kier alpha value is -2.31. The molecule has 1 saturated heterocycles. The van der Waals surface area contributed by atoms with Gasteiger partial charge in [-0.15, -0.1) is 0 Å². The van der Waals surface area contributed by atoms with Crippen molar-refractivity contribution < 1.29 is 14.3 Å². The van der Waals surface area contributed by atoms with Crippen LogP contribution in [0.15, 0.2) is 18.3 Å². The molecule has 7 heteroatoms. The normalized spacial score (nSPS) is 14.8. The van der Waals surface area contributed by atoms with Crippen molar-refractivity contribution in [3.63, 3.8) is 0 Å². The SMILES string of the molecule is CCOc1ncccc1NC(=O)N1CCNC(=O)C1. The third-order valence-electron chi connectivity index (χ3n) is 2.62. The Morgan fingerprint density at radius 2 is 2.47 bits per heavy atom. The molecule has 7 nitrogen and oxygen atoms in total. The molecule has 0 spiro atoms. The minimum Gasteiger partial charge on any atom is -0.476 e. The van der Waals surface area contributed by atoms with Gasteiger partial charge in [0.2, 0.25) is 11.8 Å². The van der Waals surface area contributed by atoms with E-state index >= 15 is 0 Å². The minimum absolute atomic E-state index is 0.0655. The van der Waals surface area contributed by atoms with E-state index in [2.05, 4.69) is 15.6 Å². The van der Waals surface area contributed by atoms with Crippen LogP contribution < -0.4 is 15.4 Å². The highest BCUT2D eigenvalue weighted by molar-refractivity contribution is 5.93. The van der Waals surface area contributed by atoms with Crippen LogP contribution in [0.1, 0.15) is 6.92 Å². The van der Waals surface area contributed by atoms with E-state index in [0.717, 1.165) is 0 Å². The number of pyridine rings is 1. The summed E-state index contributed by atoms with van der Waals surface area (Å²) in [6.45, 7) is 3.33. The minimum atomic E-state index is -0.330. The quantitative estimate of drug-likeness (QED) is 0.830. The second-order valence-corrected chi connectivity index (χ2v) is 3.99. The van der Waals surface area contributed by atoms with Crippen LogP contribution in [-0.2, 0) is 4.79 Å². The first-order valence-corrected chi connectivity index (χ1v) is 6.11. The number of nitrogens with one attached hydrogen (secondary N) is 2. The van der Waals surface area contributed by atoms with Gasteiger partial charge in [0.05, 0.1) is 6.61 Å². The maximum Gasteiger partial charge on any atom is 0.322 e. The van der Waals surface area contributed by atoms with E-state index in [4.69, 9.17) is 4.74 Å². The van der Waals surface area contributed by atoms with Crippen LogP contribution in [0.4, 0.5) is 10.5 Å². The summed E-state index contributed by atoms with van der Waals surface area (Å²) in [5.74, 6) is 0.220. The average Bonchev–Trinajstić information content (AvgIpc) is 2.41. The zero-order valence-electron chi connectivity index (χ0n) is 10.7. The molecule has 19 heavy (non-hydrogen) atoms. The zero-order valence-corrected chi connectivity index (χ0v) is 10.7. The third-order valence-corrected chi connectivity index (χ3v) is 2.62. The summed E-state index contributed by atoms with van der Waals surface area (Å²) in [7, 11) is 0. The molecule has 3 amide bonds. The van der Waals surface area contributed by atoms with Crippen LogP contribution in [0, 0.1) is 0 Å². The van der Waals surface area contributed by atoms with Crippen LogP contribution in [-0.4, -0.2) is 48.1 Å². The standard InChI is InChI=1S/C12H16N4O3/c1-2-19-11-9(4-3-5-14-11)15-12(18)16-7-6-13-10(17)8-16/h3-5H,2,6-8H2,1H3,(H,13,17)(H,15,18). The smallest absolute Gasteiger partial charge is 0.322 e. The van der Waals surface area contributed by atoms with Crippen molar-refractivity contribution in [3.8, 4) is 5.88 Å². The van der Waals surface area contributed by atoms with Gasteiger partial charge in [0.15, 0.2) is 0 Å². The fourth-order valence-corrected chi connectivity index (χ4v) is 1.74.